The Balaban J connectivity index is 1.88. The summed E-state index contributed by atoms with van der Waals surface area (Å²) in [5.74, 6) is -1.90. The first kappa shape index (κ1) is 15.2. The number of unbranched alkanes of at least 4 members (excludes halogenated alkanes) is 1. The third kappa shape index (κ3) is 4.71. The van der Waals surface area contributed by atoms with Crippen LogP contribution in [0.4, 0.5) is 4.39 Å². The summed E-state index contributed by atoms with van der Waals surface area (Å²) in [5.41, 5.74) is 1.80. The van der Waals surface area contributed by atoms with E-state index in [1.807, 2.05) is 18.2 Å². The fourth-order valence-corrected chi connectivity index (χ4v) is 2.48. The van der Waals surface area contributed by atoms with Crippen LogP contribution in [0.1, 0.15) is 36.3 Å². The number of hydrogen-bond acceptors (Lipinski definition) is 1. The second-order valence-corrected chi connectivity index (χ2v) is 5.18. The molecule has 0 aliphatic heterocycles. The van der Waals surface area contributed by atoms with Gasteiger partial charge in [-0.1, -0.05) is 48.9 Å². The highest BCUT2D eigenvalue weighted by molar-refractivity contribution is 5.76. The highest BCUT2D eigenvalue weighted by Crippen LogP contribution is 2.23. The van der Waals surface area contributed by atoms with Crippen molar-refractivity contribution >= 4 is 5.97 Å². The number of carboxylic acids is 1. The number of hydrogen-bond donors (Lipinski definition) is 1. The topological polar surface area (TPSA) is 37.3 Å². The number of carbonyl (C=O) groups is 1. The van der Waals surface area contributed by atoms with Crippen LogP contribution in [0, 0.1) is 5.82 Å². The zero-order valence-corrected chi connectivity index (χ0v) is 11.8. The molecule has 0 bridgehead atoms. The molecule has 0 aliphatic rings. The Morgan fingerprint density at radius 2 is 1.81 bits per heavy atom. The van der Waals surface area contributed by atoms with Crippen LogP contribution in [0.15, 0.2) is 54.6 Å². The van der Waals surface area contributed by atoms with Gasteiger partial charge in [0.05, 0.1) is 5.92 Å². The third-order valence-corrected chi connectivity index (χ3v) is 3.60. The van der Waals surface area contributed by atoms with Gasteiger partial charge in [-0.25, -0.2) is 4.39 Å². The van der Waals surface area contributed by atoms with Crippen molar-refractivity contribution in [3.05, 3.63) is 71.5 Å². The van der Waals surface area contributed by atoms with E-state index in [-0.39, 0.29) is 5.82 Å². The van der Waals surface area contributed by atoms with Gasteiger partial charge in [0, 0.05) is 0 Å². The van der Waals surface area contributed by atoms with Crippen LogP contribution in [-0.4, -0.2) is 11.1 Å². The molecule has 1 unspecified atom stereocenters. The van der Waals surface area contributed by atoms with Crippen molar-refractivity contribution < 1.29 is 14.3 Å². The molecular formula is C18H19FO2. The standard InChI is InChI=1S/C18H19FO2/c19-16-11-6-10-15(13-16)17(18(20)21)12-5-4-9-14-7-2-1-3-8-14/h1-3,6-8,10-11,13,17H,4-5,9,12H2,(H,20,21). The maximum Gasteiger partial charge on any atom is 0.310 e. The minimum absolute atomic E-state index is 0.386. The molecule has 0 radical (unpaired) electrons. The molecule has 2 nitrogen and oxygen atoms in total. The Kier molecular flexibility index (Phi) is 5.50. The van der Waals surface area contributed by atoms with Crippen molar-refractivity contribution in [2.75, 3.05) is 0 Å². The van der Waals surface area contributed by atoms with Crippen LogP contribution >= 0.6 is 0 Å². The number of halogens is 1. The van der Waals surface area contributed by atoms with E-state index >= 15 is 0 Å². The Morgan fingerprint density at radius 1 is 1.05 bits per heavy atom. The SMILES string of the molecule is O=C(O)C(CCCCc1ccccc1)c1cccc(F)c1. The minimum Gasteiger partial charge on any atom is -0.481 e. The normalized spacial score (nSPS) is 12.0. The fraction of sp³-hybridized carbons (Fsp3) is 0.278. The zero-order valence-electron chi connectivity index (χ0n) is 11.8. The predicted molar refractivity (Wildman–Crippen MR) is 80.8 cm³/mol. The van der Waals surface area contributed by atoms with Gasteiger partial charge in [0.1, 0.15) is 5.82 Å². The smallest absolute Gasteiger partial charge is 0.310 e. The Hall–Kier alpha value is -2.16. The second-order valence-electron chi connectivity index (χ2n) is 5.18. The van der Waals surface area contributed by atoms with E-state index in [0.717, 1.165) is 19.3 Å². The summed E-state index contributed by atoms with van der Waals surface area (Å²) in [6.45, 7) is 0. The second kappa shape index (κ2) is 7.58. The van der Waals surface area contributed by atoms with Gasteiger partial charge in [0.25, 0.3) is 0 Å². The van der Waals surface area contributed by atoms with Crippen molar-refractivity contribution in [2.24, 2.45) is 0 Å². The average Bonchev–Trinajstić information content (AvgIpc) is 2.48. The Labute approximate surface area is 124 Å². The quantitative estimate of drug-likeness (QED) is 0.766. The molecular weight excluding hydrogens is 267 g/mol. The molecule has 0 saturated carbocycles. The lowest BCUT2D eigenvalue weighted by atomic mass is 9.92. The maximum absolute atomic E-state index is 13.2. The van der Waals surface area contributed by atoms with E-state index in [0.29, 0.717) is 12.0 Å². The molecule has 1 atom stereocenters. The zero-order chi connectivity index (χ0) is 15.1. The van der Waals surface area contributed by atoms with E-state index < -0.39 is 11.9 Å². The number of carboxylic acid groups (broad SMARTS) is 1. The third-order valence-electron chi connectivity index (χ3n) is 3.60. The Bertz CT molecular complexity index is 581. The Morgan fingerprint density at radius 3 is 2.48 bits per heavy atom. The van der Waals surface area contributed by atoms with Crippen LogP contribution in [-0.2, 0) is 11.2 Å². The molecule has 3 heteroatoms. The lowest BCUT2D eigenvalue weighted by molar-refractivity contribution is -0.139. The lowest BCUT2D eigenvalue weighted by Crippen LogP contribution is -2.12. The molecule has 2 aromatic carbocycles. The highest BCUT2D eigenvalue weighted by atomic mass is 19.1. The maximum atomic E-state index is 13.2. The molecule has 0 aromatic heterocycles. The number of rotatable bonds is 7. The van der Waals surface area contributed by atoms with Gasteiger partial charge in [0.15, 0.2) is 0 Å². The minimum atomic E-state index is -0.889. The van der Waals surface area contributed by atoms with Gasteiger partial charge in [-0.2, -0.15) is 0 Å². The first-order chi connectivity index (χ1) is 10.2. The summed E-state index contributed by atoms with van der Waals surface area (Å²) < 4.78 is 13.2. The van der Waals surface area contributed by atoms with E-state index in [1.165, 1.54) is 17.7 Å². The predicted octanol–water partition coefficient (Wildman–Crippen LogP) is 4.41. The summed E-state index contributed by atoms with van der Waals surface area (Å²) in [4.78, 5) is 11.4. The molecule has 0 spiro atoms. The van der Waals surface area contributed by atoms with E-state index in [4.69, 9.17) is 0 Å². The summed E-state index contributed by atoms with van der Waals surface area (Å²) in [6.07, 6.45) is 3.22. The largest absolute Gasteiger partial charge is 0.481 e. The first-order valence-electron chi connectivity index (χ1n) is 7.19. The fourth-order valence-electron chi connectivity index (χ4n) is 2.48. The highest BCUT2D eigenvalue weighted by Gasteiger charge is 2.19. The van der Waals surface area contributed by atoms with Crippen LogP contribution in [0.2, 0.25) is 0 Å². The first-order valence-corrected chi connectivity index (χ1v) is 7.19. The van der Waals surface area contributed by atoms with Crippen LogP contribution in [0.25, 0.3) is 0 Å². The van der Waals surface area contributed by atoms with Crippen LogP contribution in [0.3, 0.4) is 0 Å². The van der Waals surface area contributed by atoms with Crippen molar-refractivity contribution in [3.8, 4) is 0 Å². The summed E-state index contributed by atoms with van der Waals surface area (Å²) in [6, 6.07) is 16.0. The summed E-state index contributed by atoms with van der Waals surface area (Å²) in [7, 11) is 0. The van der Waals surface area contributed by atoms with Gasteiger partial charge in [-0.05, 0) is 42.5 Å². The molecule has 21 heavy (non-hydrogen) atoms. The van der Waals surface area contributed by atoms with Crippen molar-refractivity contribution in [3.63, 3.8) is 0 Å². The van der Waals surface area contributed by atoms with Gasteiger partial charge < -0.3 is 5.11 Å². The molecule has 0 heterocycles. The van der Waals surface area contributed by atoms with Crippen molar-refractivity contribution in [2.45, 2.75) is 31.6 Å². The van der Waals surface area contributed by atoms with Gasteiger partial charge in [-0.3, -0.25) is 4.79 Å². The molecule has 0 saturated heterocycles. The molecule has 1 N–H and O–H groups in total. The average molecular weight is 286 g/mol. The number of aliphatic carboxylic acids is 1. The van der Waals surface area contributed by atoms with Gasteiger partial charge in [0.2, 0.25) is 0 Å². The van der Waals surface area contributed by atoms with E-state index in [1.54, 1.807) is 12.1 Å². The van der Waals surface area contributed by atoms with Crippen LogP contribution < -0.4 is 0 Å². The van der Waals surface area contributed by atoms with Gasteiger partial charge in [-0.15, -0.1) is 0 Å². The van der Waals surface area contributed by atoms with Crippen molar-refractivity contribution in [1.82, 2.24) is 0 Å². The molecule has 110 valence electrons. The number of benzene rings is 2. The molecule has 0 aliphatic carbocycles. The van der Waals surface area contributed by atoms with Gasteiger partial charge >= 0.3 is 5.97 Å². The van der Waals surface area contributed by atoms with Crippen LogP contribution in [0.5, 0.6) is 0 Å². The summed E-state index contributed by atoms with van der Waals surface area (Å²) in [5, 5.41) is 9.31. The molecule has 2 aromatic rings. The lowest BCUT2D eigenvalue weighted by Gasteiger charge is -2.12. The van der Waals surface area contributed by atoms with E-state index in [2.05, 4.69) is 12.1 Å². The van der Waals surface area contributed by atoms with Crippen molar-refractivity contribution in [1.29, 1.82) is 0 Å². The monoisotopic (exact) mass is 286 g/mol. The summed E-state index contributed by atoms with van der Waals surface area (Å²) >= 11 is 0. The molecule has 0 fully saturated rings. The molecule has 0 amide bonds. The molecule has 2 rings (SSSR count). The number of aryl methyl sites for hydroxylation is 1. The van der Waals surface area contributed by atoms with E-state index in [9.17, 15) is 14.3 Å².